The van der Waals surface area contributed by atoms with Gasteiger partial charge in [0.25, 0.3) is 0 Å². The summed E-state index contributed by atoms with van der Waals surface area (Å²) in [5.41, 5.74) is 4.81. The highest BCUT2D eigenvalue weighted by Crippen LogP contribution is 2.39. The zero-order valence-electron chi connectivity index (χ0n) is 15.2. The zero-order chi connectivity index (χ0) is 19.0. The quantitative estimate of drug-likeness (QED) is 0.681. The maximum Gasteiger partial charge on any atom is 0.169 e. The third kappa shape index (κ3) is 3.11. The summed E-state index contributed by atoms with van der Waals surface area (Å²) in [6.45, 7) is 8.59. The van der Waals surface area contributed by atoms with E-state index >= 15 is 0 Å². The van der Waals surface area contributed by atoms with E-state index in [1.807, 2.05) is 16.8 Å². The highest BCUT2D eigenvalue weighted by Gasteiger charge is 2.24. The summed E-state index contributed by atoms with van der Waals surface area (Å²) in [4.78, 5) is 1.00. The maximum absolute atomic E-state index is 8.94. The lowest BCUT2D eigenvalue weighted by Crippen LogP contribution is -2.15. The monoisotopic (exact) mass is 373 g/mol. The summed E-state index contributed by atoms with van der Waals surface area (Å²) < 4.78 is 1.85. The van der Waals surface area contributed by atoms with Crippen molar-refractivity contribution in [2.24, 2.45) is 0 Å². The number of fused-ring (bicyclic) bond motifs is 3. The van der Waals surface area contributed by atoms with Crippen molar-refractivity contribution < 1.29 is 0 Å². The molecule has 2 aromatic carbocycles. The van der Waals surface area contributed by atoms with Crippen molar-refractivity contribution in [3.05, 3.63) is 65.7 Å². The number of nitriles is 1. The van der Waals surface area contributed by atoms with E-state index in [-0.39, 0.29) is 0 Å². The van der Waals surface area contributed by atoms with Crippen molar-refractivity contribution in [2.75, 3.05) is 5.32 Å². The number of anilines is 1. The molecule has 1 aliphatic heterocycles. The molecular formula is C21H19N5S. The molecule has 134 valence electrons. The predicted molar refractivity (Wildman–Crippen MR) is 108 cm³/mol. The summed E-state index contributed by atoms with van der Waals surface area (Å²) in [7, 11) is 0. The number of hydrogen-bond donors (Lipinski definition) is 1. The van der Waals surface area contributed by atoms with E-state index in [1.165, 1.54) is 17.3 Å². The van der Waals surface area contributed by atoms with Gasteiger partial charge in [0.15, 0.2) is 10.8 Å². The molecule has 1 N–H and O–H groups in total. The molecule has 0 amide bonds. The van der Waals surface area contributed by atoms with Gasteiger partial charge in [0, 0.05) is 16.2 Å². The Labute approximate surface area is 162 Å². The predicted octanol–water partition coefficient (Wildman–Crippen LogP) is 5.20. The molecule has 6 heteroatoms. The number of hydrogen-bond acceptors (Lipinski definition) is 5. The van der Waals surface area contributed by atoms with Gasteiger partial charge in [-0.3, -0.25) is 0 Å². The fraction of sp³-hybridized carbons (Fsp3) is 0.190. The molecule has 0 radical (unpaired) electrons. The lowest BCUT2D eigenvalue weighted by Gasteiger charge is -2.23. The van der Waals surface area contributed by atoms with Crippen LogP contribution in [0.15, 0.2) is 59.0 Å². The van der Waals surface area contributed by atoms with Gasteiger partial charge in [0.05, 0.1) is 17.3 Å². The van der Waals surface area contributed by atoms with Crippen LogP contribution in [0.5, 0.6) is 0 Å². The van der Waals surface area contributed by atoms with Crippen molar-refractivity contribution in [1.82, 2.24) is 15.0 Å². The van der Waals surface area contributed by atoms with E-state index < -0.39 is 0 Å². The minimum atomic E-state index is 0.484. The normalized spacial score (nSPS) is 13.3. The number of benzene rings is 2. The standard InChI is InChI=1S/C21H19N5S/c1-4-13(2)16-7-10-18-14(3)23-20-21(24-25-26(20)19(18)11-16)27-17-8-5-15(12-22)6-9-17/h5-11,13,23H,3-4H2,1-2H3. The van der Waals surface area contributed by atoms with Gasteiger partial charge in [-0.1, -0.05) is 49.5 Å². The topological polar surface area (TPSA) is 66.5 Å². The lowest BCUT2D eigenvalue weighted by molar-refractivity contribution is 0.728. The Morgan fingerprint density at radius 1 is 1.26 bits per heavy atom. The lowest BCUT2D eigenvalue weighted by atomic mass is 9.95. The fourth-order valence-electron chi connectivity index (χ4n) is 3.05. The van der Waals surface area contributed by atoms with Crippen LogP contribution in [0, 0.1) is 11.3 Å². The van der Waals surface area contributed by atoms with Crippen molar-refractivity contribution in [2.45, 2.75) is 36.1 Å². The Bertz CT molecular complexity index is 1060. The summed E-state index contributed by atoms with van der Waals surface area (Å²) >= 11 is 1.51. The second-order valence-electron chi connectivity index (χ2n) is 6.58. The molecule has 0 bridgehead atoms. The van der Waals surface area contributed by atoms with Gasteiger partial charge in [-0.2, -0.15) is 9.94 Å². The largest absolute Gasteiger partial charge is 0.338 e. The maximum atomic E-state index is 8.94. The molecule has 1 aromatic heterocycles. The third-order valence-electron chi connectivity index (χ3n) is 4.86. The van der Waals surface area contributed by atoms with Gasteiger partial charge in [-0.25, -0.2) is 0 Å². The summed E-state index contributed by atoms with van der Waals surface area (Å²) in [5, 5.41) is 21.8. The van der Waals surface area contributed by atoms with Gasteiger partial charge in [0.2, 0.25) is 0 Å². The van der Waals surface area contributed by atoms with E-state index in [4.69, 9.17) is 5.26 Å². The van der Waals surface area contributed by atoms with Gasteiger partial charge in [-0.15, -0.1) is 5.10 Å². The molecule has 0 saturated heterocycles. The summed E-state index contributed by atoms with van der Waals surface area (Å²) in [5.74, 6) is 1.31. The molecule has 1 atom stereocenters. The van der Waals surface area contributed by atoms with Crippen LogP contribution in [0.1, 0.15) is 42.9 Å². The average Bonchev–Trinajstić information content (AvgIpc) is 3.10. The molecule has 27 heavy (non-hydrogen) atoms. The SMILES string of the molecule is C=C1Nc2c(Sc3ccc(C#N)cc3)nnn2-c2cc(C(C)CC)ccc21. The average molecular weight is 373 g/mol. The van der Waals surface area contributed by atoms with E-state index in [0.717, 1.165) is 39.1 Å². The number of rotatable bonds is 4. The molecule has 1 unspecified atom stereocenters. The second-order valence-corrected chi connectivity index (χ2v) is 7.64. The molecule has 0 aliphatic carbocycles. The minimum Gasteiger partial charge on any atom is -0.338 e. The Morgan fingerprint density at radius 2 is 2.04 bits per heavy atom. The van der Waals surface area contributed by atoms with Crippen molar-refractivity contribution >= 4 is 23.3 Å². The Kier molecular flexibility index (Phi) is 4.46. The van der Waals surface area contributed by atoms with Crippen LogP contribution in [0.4, 0.5) is 5.82 Å². The molecule has 4 rings (SSSR count). The van der Waals surface area contributed by atoms with E-state index in [9.17, 15) is 0 Å². The first-order chi connectivity index (χ1) is 13.1. The molecule has 5 nitrogen and oxygen atoms in total. The molecule has 2 heterocycles. The molecule has 0 spiro atoms. The first kappa shape index (κ1) is 17.4. The molecule has 0 fully saturated rings. The highest BCUT2D eigenvalue weighted by atomic mass is 32.2. The smallest absolute Gasteiger partial charge is 0.169 e. The van der Waals surface area contributed by atoms with Crippen molar-refractivity contribution in [3.63, 3.8) is 0 Å². The third-order valence-corrected chi connectivity index (χ3v) is 5.84. The van der Waals surface area contributed by atoms with Gasteiger partial charge in [-0.05, 0) is 48.2 Å². The fourth-order valence-corrected chi connectivity index (χ4v) is 3.86. The van der Waals surface area contributed by atoms with Crippen LogP contribution >= 0.6 is 11.8 Å². The van der Waals surface area contributed by atoms with Crippen LogP contribution in [0.2, 0.25) is 0 Å². The number of aromatic nitrogens is 3. The first-order valence-electron chi connectivity index (χ1n) is 8.85. The second kappa shape index (κ2) is 6.93. The van der Waals surface area contributed by atoms with Crippen LogP contribution in [0.3, 0.4) is 0 Å². The molecule has 1 aliphatic rings. The Balaban J connectivity index is 1.72. The zero-order valence-corrected chi connectivity index (χ0v) is 16.0. The Morgan fingerprint density at radius 3 is 2.74 bits per heavy atom. The van der Waals surface area contributed by atoms with E-state index in [0.29, 0.717) is 11.5 Å². The van der Waals surface area contributed by atoms with Gasteiger partial charge < -0.3 is 5.32 Å². The van der Waals surface area contributed by atoms with Crippen LogP contribution in [-0.4, -0.2) is 15.0 Å². The van der Waals surface area contributed by atoms with E-state index in [1.54, 1.807) is 12.1 Å². The van der Waals surface area contributed by atoms with Crippen molar-refractivity contribution in [1.29, 1.82) is 5.26 Å². The Hall–Kier alpha value is -3.04. The van der Waals surface area contributed by atoms with Crippen LogP contribution in [-0.2, 0) is 0 Å². The molecule has 3 aromatic rings. The summed E-state index contributed by atoms with van der Waals surface area (Å²) in [6.07, 6.45) is 1.09. The highest BCUT2D eigenvalue weighted by molar-refractivity contribution is 7.99. The number of nitrogens with one attached hydrogen (secondary N) is 1. The first-order valence-corrected chi connectivity index (χ1v) is 9.66. The minimum absolute atomic E-state index is 0.484. The summed E-state index contributed by atoms with van der Waals surface area (Å²) in [6, 6.07) is 16.0. The molecular weight excluding hydrogens is 354 g/mol. The molecule has 0 saturated carbocycles. The van der Waals surface area contributed by atoms with Crippen molar-refractivity contribution in [3.8, 4) is 11.8 Å². The van der Waals surface area contributed by atoms with E-state index in [2.05, 4.69) is 60.3 Å². The van der Waals surface area contributed by atoms with Gasteiger partial charge in [0.1, 0.15) is 0 Å². The van der Waals surface area contributed by atoms with Crippen LogP contribution < -0.4 is 5.32 Å². The van der Waals surface area contributed by atoms with Gasteiger partial charge >= 0.3 is 0 Å². The van der Waals surface area contributed by atoms with Crippen LogP contribution in [0.25, 0.3) is 11.4 Å². The number of nitrogens with zero attached hydrogens (tertiary/aromatic N) is 4.